The molecule has 1 amide bonds. The Balaban J connectivity index is 1.46. The summed E-state index contributed by atoms with van der Waals surface area (Å²) in [6, 6.07) is 4.24. The molecule has 152 valence electrons. The van der Waals surface area contributed by atoms with Crippen LogP contribution in [0.5, 0.6) is 0 Å². The summed E-state index contributed by atoms with van der Waals surface area (Å²) in [5.41, 5.74) is 1.27. The minimum atomic E-state index is -0.708. The Morgan fingerprint density at radius 1 is 1.07 bits per heavy atom. The quantitative estimate of drug-likeness (QED) is 0.875. The Bertz CT molecular complexity index is 819. The van der Waals surface area contributed by atoms with Crippen molar-refractivity contribution in [3.63, 3.8) is 0 Å². The first-order valence-electron chi connectivity index (χ1n) is 10.6. The van der Waals surface area contributed by atoms with Gasteiger partial charge in [-0.2, -0.15) is 0 Å². The summed E-state index contributed by atoms with van der Waals surface area (Å²) in [5.74, 6) is 0.571. The second kappa shape index (κ2) is 8.17. The third-order valence-corrected chi connectivity index (χ3v) is 6.23. The highest BCUT2D eigenvalue weighted by Gasteiger charge is 2.28. The summed E-state index contributed by atoms with van der Waals surface area (Å²) in [6.07, 6.45) is 7.14. The lowest BCUT2D eigenvalue weighted by molar-refractivity contribution is 0.0589. The van der Waals surface area contributed by atoms with Gasteiger partial charge in [-0.1, -0.05) is 20.3 Å². The second-order valence-electron chi connectivity index (χ2n) is 8.51. The smallest absolute Gasteiger partial charge is 0.255 e. The molecule has 2 fully saturated rings. The lowest BCUT2D eigenvalue weighted by atomic mass is 9.99. The molecule has 28 heavy (non-hydrogen) atoms. The van der Waals surface area contributed by atoms with E-state index in [2.05, 4.69) is 15.1 Å². The number of pyridine rings is 1. The number of aromatic nitrogens is 3. The summed E-state index contributed by atoms with van der Waals surface area (Å²) in [7, 11) is 0. The minimum Gasteiger partial charge on any atom is -0.385 e. The third-order valence-electron chi connectivity index (χ3n) is 6.23. The average molecular weight is 386 g/mol. The van der Waals surface area contributed by atoms with E-state index < -0.39 is 6.10 Å². The van der Waals surface area contributed by atoms with Gasteiger partial charge in [-0.15, -0.1) is 10.2 Å². The number of aliphatic hydroxyl groups excluding tert-OH is 1. The van der Waals surface area contributed by atoms with Crippen molar-refractivity contribution in [3.05, 3.63) is 29.7 Å². The molecule has 2 aromatic heterocycles. The Hall–Kier alpha value is -1.99. The van der Waals surface area contributed by atoms with Gasteiger partial charge < -0.3 is 14.9 Å². The van der Waals surface area contributed by atoms with E-state index in [1.54, 1.807) is 16.7 Å². The average Bonchev–Trinajstić information content (AvgIpc) is 3.16. The summed E-state index contributed by atoms with van der Waals surface area (Å²) >= 11 is 0. The van der Waals surface area contributed by atoms with Crippen LogP contribution in [0.1, 0.15) is 68.2 Å². The first-order chi connectivity index (χ1) is 13.5. The Morgan fingerprint density at radius 3 is 2.46 bits per heavy atom. The van der Waals surface area contributed by atoms with Gasteiger partial charge in [0.25, 0.3) is 5.91 Å². The second-order valence-corrected chi connectivity index (χ2v) is 8.51. The molecule has 0 saturated carbocycles. The van der Waals surface area contributed by atoms with Gasteiger partial charge in [-0.05, 0) is 56.8 Å². The van der Waals surface area contributed by atoms with Gasteiger partial charge in [-0.25, -0.2) is 0 Å². The zero-order valence-corrected chi connectivity index (χ0v) is 16.9. The van der Waals surface area contributed by atoms with Crippen LogP contribution in [-0.2, 0) is 0 Å². The summed E-state index contributed by atoms with van der Waals surface area (Å²) in [4.78, 5) is 17.6. The fourth-order valence-corrected chi connectivity index (χ4v) is 4.44. The molecule has 2 saturated heterocycles. The zero-order valence-electron chi connectivity index (χ0n) is 16.9. The van der Waals surface area contributed by atoms with E-state index in [9.17, 15) is 9.90 Å². The van der Waals surface area contributed by atoms with Crippen LogP contribution in [0.4, 0.5) is 0 Å². The van der Waals surface area contributed by atoms with Crippen LogP contribution in [0, 0.1) is 5.92 Å². The molecule has 0 radical (unpaired) electrons. The molecule has 7 heteroatoms. The van der Waals surface area contributed by atoms with E-state index in [4.69, 9.17) is 0 Å². The number of likely N-dealkylation sites (tertiary alicyclic amines) is 2. The predicted molar refractivity (Wildman–Crippen MR) is 107 cm³/mol. The SMILES string of the molecule is CC(C)C(O)c1nnc2ccc(C(=O)N3CCC(N4CCCCC4)CC3)cn12. The van der Waals surface area contributed by atoms with Crippen LogP contribution >= 0.6 is 0 Å². The van der Waals surface area contributed by atoms with Gasteiger partial charge in [0.1, 0.15) is 6.10 Å². The molecule has 4 heterocycles. The van der Waals surface area contributed by atoms with Gasteiger partial charge in [-0.3, -0.25) is 9.20 Å². The molecule has 2 aromatic rings. The number of hydrogen-bond donors (Lipinski definition) is 1. The van der Waals surface area contributed by atoms with E-state index in [1.807, 2.05) is 24.8 Å². The van der Waals surface area contributed by atoms with Crippen LogP contribution < -0.4 is 0 Å². The molecule has 0 bridgehead atoms. The maximum absolute atomic E-state index is 13.1. The number of amides is 1. The fourth-order valence-electron chi connectivity index (χ4n) is 4.44. The number of piperidine rings is 2. The minimum absolute atomic E-state index is 0.0283. The van der Waals surface area contributed by atoms with Gasteiger partial charge in [0.2, 0.25) is 0 Å². The first kappa shape index (κ1) is 19.3. The van der Waals surface area contributed by atoms with Gasteiger partial charge in [0, 0.05) is 25.3 Å². The maximum Gasteiger partial charge on any atom is 0.255 e. The lowest BCUT2D eigenvalue weighted by Crippen LogP contribution is -2.48. The molecule has 7 nitrogen and oxygen atoms in total. The Kier molecular flexibility index (Phi) is 5.64. The normalized spacial score (nSPS) is 20.8. The van der Waals surface area contributed by atoms with Crippen LogP contribution in [0.15, 0.2) is 18.3 Å². The van der Waals surface area contributed by atoms with Gasteiger partial charge in [0.15, 0.2) is 11.5 Å². The van der Waals surface area contributed by atoms with Crippen molar-refractivity contribution in [1.29, 1.82) is 0 Å². The summed E-state index contributed by atoms with van der Waals surface area (Å²) in [6.45, 7) is 7.91. The van der Waals surface area contributed by atoms with Crippen LogP contribution in [0.2, 0.25) is 0 Å². The molecular formula is C21H31N5O2. The molecule has 0 spiro atoms. The topological polar surface area (TPSA) is 74.0 Å². The highest BCUT2D eigenvalue weighted by molar-refractivity contribution is 5.94. The largest absolute Gasteiger partial charge is 0.385 e. The Morgan fingerprint density at radius 2 is 1.79 bits per heavy atom. The molecule has 2 aliphatic rings. The molecule has 0 aromatic carbocycles. The van der Waals surface area contributed by atoms with Crippen LogP contribution in [0.25, 0.3) is 5.65 Å². The Labute approximate surface area is 166 Å². The highest BCUT2D eigenvalue weighted by Crippen LogP contribution is 2.23. The van der Waals surface area contributed by atoms with Crippen molar-refractivity contribution in [2.45, 2.75) is 58.1 Å². The molecule has 1 unspecified atom stereocenters. The molecule has 0 aliphatic carbocycles. The van der Waals surface area contributed by atoms with Gasteiger partial charge >= 0.3 is 0 Å². The van der Waals surface area contributed by atoms with Crippen molar-refractivity contribution >= 4 is 11.6 Å². The number of rotatable bonds is 4. The number of fused-ring (bicyclic) bond motifs is 1. The number of aliphatic hydroxyl groups is 1. The number of hydrogen-bond acceptors (Lipinski definition) is 5. The lowest BCUT2D eigenvalue weighted by Gasteiger charge is -2.40. The summed E-state index contributed by atoms with van der Waals surface area (Å²) in [5, 5.41) is 18.6. The molecular weight excluding hydrogens is 354 g/mol. The van der Waals surface area contributed by atoms with Crippen molar-refractivity contribution in [1.82, 2.24) is 24.4 Å². The maximum atomic E-state index is 13.1. The predicted octanol–water partition coefficient (Wildman–Crippen LogP) is 2.51. The zero-order chi connectivity index (χ0) is 19.7. The van der Waals surface area contributed by atoms with E-state index in [1.165, 1.54) is 32.4 Å². The van der Waals surface area contributed by atoms with Crippen LogP contribution in [-0.4, -0.2) is 67.6 Å². The van der Waals surface area contributed by atoms with E-state index in [-0.39, 0.29) is 11.8 Å². The van der Waals surface area contributed by atoms with Crippen molar-refractivity contribution in [3.8, 4) is 0 Å². The van der Waals surface area contributed by atoms with Crippen molar-refractivity contribution < 1.29 is 9.90 Å². The molecule has 4 rings (SSSR count). The molecule has 1 atom stereocenters. The fraction of sp³-hybridized carbons (Fsp3) is 0.667. The number of carbonyl (C=O) groups excluding carboxylic acids is 1. The highest BCUT2D eigenvalue weighted by atomic mass is 16.3. The molecule has 1 N–H and O–H groups in total. The van der Waals surface area contributed by atoms with E-state index >= 15 is 0 Å². The molecule has 2 aliphatic heterocycles. The standard InChI is InChI=1S/C21H31N5O2/c1-15(2)19(27)20-23-22-18-7-6-16(14-26(18)20)21(28)25-12-8-17(9-13-25)24-10-4-3-5-11-24/h6-7,14-15,17,19,27H,3-5,8-13H2,1-2H3. The monoisotopic (exact) mass is 385 g/mol. The van der Waals surface area contributed by atoms with Gasteiger partial charge in [0.05, 0.1) is 5.56 Å². The van der Waals surface area contributed by atoms with E-state index in [0.29, 0.717) is 23.1 Å². The van der Waals surface area contributed by atoms with Crippen molar-refractivity contribution in [2.24, 2.45) is 5.92 Å². The summed E-state index contributed by atoms with van der Waals surface area (Å²) < 4.78 is 1.75. The number of nitrogens with zero attached hydrogens (tertiary/aromatic N) is 5. The van der Waals surface area contributed by atoms with Crippen molar-refractivity contribution in [2.75, 3.05) is 26.2 Å². The van der Waals surface area contributed by atoms with E-state index in [0.717, 1.165) is 25.9 Å². The third kappa shape index (κ3) is 3.78. The number of carbonyl (C=O) groups is 1. The first-order valence-corrected chi connectivity index (χ1v) is 10.6. The van der Waals surface area contributed by atoms with Crippen LogP contribution in [0.3, 0.4) is 0 Å².